The van der Waals surface area contributed by atoms with Crippen LogP contribution in [-0.4, -0.2) is 53.9 Å². The van der Waals surface area contributed by atoms with E-state index in [1.807, 2.05) is 18.2 Å². The number of carbonyl (C=O) groups excluding carboxylic acids is 2. The lowest BCUT2D eigenvalue weighted by Gasteiger charge is -2.34. The Bertz CT molecular complexity index is 981. The lowest BCUT2D eigenvalue weighted by Crippen LogP contribution is -2.51. The number of nitro groups is 1. The number of anilines is 1. The van der Waals surface area contributed by atoms with E-state index in [1.54, 1.807) is 0 Å². The van der Waals surface area contributed by atoms with Gasteiger partial charge >= 0.3 is 0 Å². The van der Waals surface area contributed by atoms with Crippen LogP contribution in [0.1, 0.15) is 18.4 Å². The minimum absolute atomic E-state index is 0.00863. The molecule has 31 heavy (non-hydrogen) atoms. The molecule has 0 radical (unpaired) electrons. The van der Waals surface area contributed by atoms with Crippen LogP contribution in [0.15, 0.2) is 48.5 Å². The number of rotatable bonds is 6. The first-order valence-corrected chi connectivity index (χ1v) is 10.3. The molecule has 1 fully saturated rings. The quantitative estimate of drug-likeness (QED) is 0.562. The van der Waals surface area contributed by atoms with E-state index in [0.29, 0.717) is 5.75 Å². The van der Waals surface area contributed by atoms with Crippen molar-refractivity contribution in [1.29, 1.82) is 0 Å². The van der Waals surface area contributed by atoms with E-state index in [4.69, 9.17) is 4.74 Å². The first-order chi connectivity index (χ1) is 15.0. The smallest absolute Gasteiger partial charge is 0.271 e. The van der Waals surface area contributed by atoms with Crippen LogP contribution in [0.25, 0.3) is 0 Å². The molecule has 0 bridgehead atoms. The minimum atomic E-state index is -0.541. The molecule has 2 aromatic carbocycles. The van der Waals surface area contributed by atoms with Crippen molar-refractivity contribution < 1.29 is 19.2 Å². The Hall–Kier alpha value is -3.46. The van der Waals surface area contributed by atoms with Gasteiger partial charge in [0.25, 0.3) is 11.6 Å². The fraction of sp³-hybridized carbons (Fsp3) is 0.364. The van der Waals surface area contributed by atoms with Crippen molar-refractivity contribution >= 4 is 23.2 Å². The van der Waals surface area contributed by atoms with E-state index in [2.05, 4.69) is 22.3 Å². The monoisotopic (exact) mass is 424 g/mol. The molecule has 2 aliphatic rings. The van der Waals surface area contributed by atoms with Gasteiger partial charge in [-0.05, 0) is 31.0 Å². The molecule has 2 heterocycles. The van der Waals surface area contributed by atoms with E-state index in [-0.39, 0.29) is 36.5 Å². The third-order valence-electron chi connectivity index (χ3n) is 5.52. The van der Waals surface area contributed by atoms with Crippen LogP contribution >= 0.6 is 0 Å². The number of piperidine rings is 1. The van der Waals surface area contributed by atoms with Gasteiger partial charge in [0.1, 0.15) is 12.3 Å². The summed E-state index contributed by atoms with van der Waals surface area (Å²) in [5.74, 6) is -0.346. The molecule has 0 spiro atoms. The molecular formula is C22H24N4O5. The molecule has 0 aliphatic carbocycles. The molecule has 1 N–H and O–H groups in total. The average Bonchev–Trinajstić information content (AvgIpc) is 2.76. The highest BCUT2D eigenvalue weighted by Crippen LogP contribution is 2.35. The van der Waals surface area contributed by atoms with Crippen LogP contribution in [0.3, 0.4) is 0 Å². The van der Waals surface area contributed by atoms with Crippen LogP contribution in [0.2, 0.25) is 0 Å². The van der Waals surface area contributed by atoms with Crippen molar-refractivity contribution in [3.05, 3.63) is 64.2 Å². The van der Waals surface area contributed by atoms with Crippen molar-refractivity contribution in [3.63, 3.8) is 0 Å². The maximum Gasteiger partial charge on any atom is 0.271 e. The number of ether oxygens (including phenoxy) is 1. The molecule has 9 heteroatoms. The maximum absolute atomic E-state index is 12.7. The van der Waals surface area contributed by atoms with Gasteiger partial charge in [-0.1, -0.05) is 30.3 Å². The zero-order valence-electron chi connectivity index (χ0n) is 17.0. The number of nitrogens with zero attached hydrogens (tertiary/aromatic N) is 3. The van der Waals surface area contributed by atoms with Gasteiger partial charge in [0.05, 0.1) is 10.6 Å². The first kappa shape index (κ1) is 20.8. The second kappa shape index (κ2) is 9.13. The second-order valence-corrected chi connectivity index (χ2v) is 7.81. The molecule has 1 unspecified atom stereocenters. The number of hydrogen-bond donors (Lipinski definition) is 1. The molecule has 2 aliphatic heterocycles. The largest absolute Gasteiger partial charge is 0.482 e. The fourth-order valence-electron chi connectivity index (χ4n) is 4.05. The zero-order valence-corrected chi connectivity index (χ0v) is 17.0. The van der Waals surface area contributed by atoms with Gasteiger partial charge in [-0.25, -0.2) is 0 Å². The van der Waals surface area contributed by atoms with Crippen molar-refractivity contribution in [1.82, 2.24) is 10.2 Å². The van der Waals surface area contributed by atoms with Gasteiger partial charge in [0.15, 0.2) is 6.61 Å². The Morgan fingerprint density at radius 1 is 1.23 bits per heavy atom. The van der Waals surface area contributed by atoms with Crippen molar-refractivity contribution in [2.75, 3.05) is 31.1 Å². The molecule has 1 saturated heterocycles. The Kier molecular flexibility index (Phi) is 6.13. The molecule has 2 amide bonds. The highest BCUT2D eigenvalue weighted by molar-refractivity contribution is 6.02. The lowest BCUT2D eigenvalue weighted by atomic mass is 10.0. The summed E-state index contributed by atoms with van der Waals surface area (Å²) in [4.78, 5) is 39.2. The van der Waals surface area contributed by atoms with E-state index in [0.717, 1.165) is 32.5 Å². The first-order valence-electron chi connectivity index (χ1n) is 10.3. The Morgan fingerprint density at radius 3 is 2.81 bits per heavy atom. The highest BCUT2D eigenvalue weighted by atomic mass is 16.6. The number of fused-ring (bicyclic) bond motifs is 1. The van der Waals surface area contributed by atoms with Crippen LogP contribution in [-0.2, 0) is 16.1 Å². The van der Waals surface area contributed by atoms with E-state index >= 15 is 0 Å². The summed E-state index contributed by atoms with van der Waals surface area (Å²) in [6.45, 7) is 2.13. The van der Waals surface area contributed by atoms with Crippen LogP contribution < -0.4 is 15.0 Å². The van der Waals surface area contributed by atoms with Gasteiger partial charge in [-0.2, -0.15) is 0 Å². The van der Waals surface area contributed by atoms with Crippen molar-refractivity contribution in [2.24, 2.45) is 0 Å². The molecule has 0 aromatic heterocycles. The minimum Gasteiger partial charge on any atom is -0.482 e. The van der Waals surface area contributed by atoms with Gasteiger partial charge in [-0.3, -0.25) is 29.5 Å². The number of non-ortho nitro benzene ring substituents is 1. The molecule has 2 aromatic rings. The summed E-state index contributed by atoms with van der Waals surface area (Å²) < 4.78 is 5.35. The number of likely N-dealkylation sites (tertiary alicyclic amines) is 1. The van der Waals surface area contributed by atoms with Crippen LogP contribution in [0.5, 0.6) is 5.75 Å². The summed E-state index contributed by atoms with van der Waals surface area (Å²) in [6, 6.07) is 14.2. The maximum atomic E-state index is 12.7. The van der Waals surface area contributed by atoms with Gasteiger partial charge in [-0.15, -0.1) is 0 Å². The molecule has 1 atom stereocenters. The topological polar surface area (TPSA) is 105 Å². The molecule has 0 saturated carbocycles. The van der Waals surface area contributed by atoms with Crippen molar-refractivity contribution in [2.45, 2.75) is 25.4 Å². The van der Waals surface area contributed by atoms with E-state index < -0.39 is 10.8 Å². The normalized spacial score (nSPS) is 18.8. The molecular weight excluding hydrogens is 400 g/mol. The van der Waals surface area contributed by atoms with Gasteiger partial charge < -0.3 is 10.1 Å². The number of amides is 2. The summed E-state index contributed by atoms with van der Waals surface area (Å²) in [5.41, 5.74) is 1.31. The summed E-state index contributed by atoms with van der Waals surface area (Å²) >= 11 is 0. The lowest BCUT2D eigenvalue weighted by molar-refractivity contribution is -0.384. The fourth-order valence-corrected chi connectivity index (χ4v) is 4.05. The number of carbonyl (C=O) groups is 2. The second-order valence-electron chi connectivity index (χ2n) is 7.81. The summed E-state index contributed by atoms with van der Waals surface area (Å²) in [5, 5.41) is 14.1. The third-order valence-corrected chi connectivity index (χ3v) is 5.52. The Morgan fingerprint density at radius 2 is 2.03 bits per heavy atom. The van der Waals surface area contributed by atoms with Crippen LogP contribution in [0, 0.1) is 10.1 Å². The highest BCUT2D eigenvalue weighted by Gasteiger charge is 2.30. The SMILES string of the molecule is O=C(CN1C(=O)COc2ccc([N+](=O)[O-])cc21)NC1CCCN(Cc2ccccc2)C1. The number of benzene rings is 2. The molecule has 9 nitrogen and oxygen atoms in total. The predicted octanol–water partition coefficient (Wildman–Crippen LogP) is 2.10. The number of hydrogen-bond acceptors (Lipinski definition) is 6. The summed E-state index contributed by atoms with van der Waals surface area (Å²) in [7, 11) is 0. The third kappa shape index (κ3) is 5.00. The number of nitro benzene ring substituents is 1. The Balaban J connectivity index is 1.39. The Labute approximate surface area is 179 Å². The molecule has 4 rings (SSSR count). The van der Waals surface area contributed by atoms with E-state index in [1.165, 1.54) is 28.7 Å². The van der Waals surface area contributed by atoms with Gasteiger partial charge in [0.2, 0.25) is 5.91 Å². The zero-order chi connectivity index (χ0) is 21.8. The number of nitrogens with one attached hydrogen (secondary N) is 1. The average molecular weight is 424 g/mol. The standard InChI is InChI=1S/C22H24N4O5/c27-21(23-17-7-4-10-24(13-17)12-16-5-2-1-3-6-16)14-25-19-11-18(26(29)30)8-9-20(19)31-15-22(25)28/h1-3,5-6,8-9,11,17H,4,7,10,12-15H2,(H,23,27). The van der Waals surface area contributed by atoms with E-state index in [9.17, 15) is 19.7 Å². The predicted molar refractivity (Wildman–Crippen MR) is 114 cm³/mol. The summed E-state index contributed by atoms with van der Waals surface area (Å²) in [6.07, 6.45) is 1.85. The molecule has 162 valence electrons. The van der Waals surface area contributed by atoms with Crippen molar-refractivity contribution in [3.8, 4) is 5.75 Å². The van der Waals surface area contributed by atoms with Crippen LogP contribution in [0.4, 0.5) is 11.4 Å². The van der Waals surface area contributed by atoms with Gasteiger partial charge in [0, 0.05) is 31.3 Å².